The average molecular weight is 373 g/mol. The van der Waals surface area contributed by atoms with Crippen LogP contribution in [0.4, 0.5) is 0 Å². The van der Waals surface area contributed by atoms with E-state index in [0.29, 0.717) is 41.0 Å². The molecule has 0 unspecified atom stereocenters. The number of carbonyl (C=O) groups excluding carboxylic acids is 2. The number of pyridine rings is 1. The van der Waals surface area contributed by atoms with E-state index in [9.17, 15) is 9.59 Å². The number of esters is 1. The molecule has 0 aliphatic carbocycles. The Balaban J connectivity index is 1.91. The molecule has 136 valence electrons. The quantitative estimate of drug-likeness (QED) is 0.617. The van der Waals surface area contributed by atoms with Gasteiger partial charge < -0.3 is 14.2 Å². The number of aromatic nitrogens is 2. The molecule has 0 aliphatic heterocycles. The maximum absolute atomic E-state index is 13.0. The molecule has 0 atom stereocenters. The molecule has 26 heavy (non-hydrogen) atoms. The van der Waals surface area contributed by atoms with E-state index in [1.165, 1.54) is 18.4 Å². The van der Waals surface area contributed by atoms with E-state index >= 15 is 0 Å². The normalized spacial score (nSPS) is 10.9. The monoisotopic (exact) mass is 373 g/mol. The molecule has 3 rings (SSSR count). The highest BCUT2D eigenvalue weighted by Crippen LogP contribution is 2.30. The Labute approximate surface area is 154 Å². The molecule has 0 aliphatic rings. The average Bonchev–Trinajstić information content (AvgIpc) is 3.30. The number of nitrogens with zero attached hydrogens (tertiary/aromatic N) is 3. The van der Waals surface area contributed by atoms with Gasteiger partial charge in [-0.05, 0) is 30.9 Å². The molecular formula is C18H19N3O4S. The maximum atomic E-state index is 13.0. The van der Waals surface area contributed by atoms with Crippen molar-refractivity contribution < 1.29 is 18.8 Å². The molecule has 8 heteroatoms. The summed E-state index contributed by atoms with van der Waals surface area (Å²) >= 11 is 1.54. The van der Waals surface area contributed by atoms with Crippen LogP contribution in [0.25, 0.3) is 21.7 Å². The highest BCUT2D eigenvalue weighted by Gasteiger charge is 2.22. The number of carbonyl (C=O) groups is 2. The second-order valence-electron chi connectivity index (χ2n) is 5.89. The van der Waals surface area contributed by atoms with Gasteiger partial charge in [0, 0.05) is 20.0 Å². The fraction of sp³-hybridized carbons (Fsp3) is 0.333. The lowest BCUT2D eigenvalue weighted by molar-refractivity contribution is -0.140. The minimum Gasteiger partial charge on any atom is -0.469 e. The Morgan fingerprint density at radius 2 is 2.19 bits per heavy atom. The van der Waals surface area contributed by atoms with E-state index < -0.39 is 0 Å². The lowest BCUT2D eigenvalue weighted by Gasteiger charge is -2.17. The molecule has 1 amide bonds. The minimum atomic E-state index is -0.285. The summed E-state index contributed by atoms with van der Waals surface area (Å²) in [6.07, 6.45) is 0.802. The van der Waals surface area contributed by atoms with Gasteiger partial charge in [-0.2, -0.15) is 0 Å². The predicted molar refractivity (Wildman–Crippen MR) is 98.1 cm³/mol. The van der Waals surface area contributed by atoms with Gasteiger partial charge in [-0.3, -0.25) is 9.59 Å². The Morgan fingerprint density at radius 1 is 1.38 bits per heavy atom. The number of hydrogen-bond donors (Lipinski definition) is 0. The van der Waals surface area contributed by atoms with Crippen molar-refractivity contribution in [2.24, 2.45) is 0 Å². The second-order valence-corrected chi connectivity index (χ2v) is 6.83. The zero-order valence-electron chi connectivity index (χ0n) is 14.8. The highest BCUT2D eigenvalue weighted by atomic mass is 32.1. The minimum absolute atomic E-state index is 0.161. The van der Waals surface area contributed by atoms with Crippen LogP contribution in [0.15, 0.2) is 28.1 Å². The van der Waals surface area contributed by atoms with Gasteiger partial charge in [0.15, 0.2) is 0 Å². The van der Waals surface area contributed by atoms with Gasteiger partial charge >= 0.3 is 5.97 Å². The van der Waals surface area contributed by atoms with Gasteiger partial charge in [0.2, 0.25) is 0 Å². The van der Waals surface area contributed by atoms with Gasteiger partial charge in [-0.15, -0.1) is 11.3 Å². The number of rotatable bonds is 6. The SMILES string of the molecule is COC(=O)CCCN(C)C(=O)c1cc(-c2cccs2)nc2onc(C)c12. The van der Waals surface area contributed by atoms with Gasteiger partial charge in [0.25, 0.3) is 11.6 Å². The molecule has 0 radical (unpaired) electrons. The number of fused-ring (bicyclic) bond motifs is 1. The third-order valence-corrected chi connectivity index (χ3v) is 4.96. The number of methoxy groups -OCH3 is 1. The second kappa shape index (κ2) is 7.65. The van der Waals surface area contributed by atoms with Crippen molar-refractivity contribution in [3.05, 3.63) is 34.8 Å². The summed E-state index contributed by atoms with van der Waals surface area (Å²) in [5.41, 5.74) is 2.14. The first kappa shape index (κ1) is 18.1. The topological polar surface area (TPSA) is 85.5 Å². The van der Waals surface area contributed by atoms with E-state index in [0.717, 1.165) is 4.88 Å². The fourth-order valence-electron chi connectivity index (χ4n) is 2.68. The summed E-state index contributed by atoms with van der Waals surface area (Å²) in [6, 6.07) is 5.64. The molecule has 0 spiro atoms. The summed E-state index contributed by atoms with van der Waals surface area (Å²) in [5, 5.41) is 6.52. The number of ether oxygens (including phenoxy) is 1. The van der Waals surface area contributed by atoms with Gasteiger partial charge in [0.05, 0.1) is 34.3 Å². The zero-order chi connectivity index (χ0) is 18.7. The molecule has 0 N–H and O–H groups in total. The van der Waals surface area contributed by atoms with Crippen molar-refractivity contribution >= 4 is 34.3 Å². The molecule has 3 aromatic rings. The number of hydrogen-bond acceptors (Lipinski definition) is 7. The van der Waals surface area contributed by atoms with E-state index in [2.05, 4.69) is 14.9 Å². The Bertz CT molecular complexity index is 933. The van der Waals surface area contributed by atoms with Crippen molar-refractivity contribution in [1.82, 2.24) is 15.0 Å². The predicted octanol–water partition coefficient (Wildman–Crippen LogP) is 3.28. The van der Waals surface area contributed by atoms with Crippen LogP contribution < -0.4 is 0 Å². The molecule has 0 saturated carbocycles. The van der Waals surface area contributed by atoms with Gasteiger partial charge in [-0.1, -0.05) is 11.2 Å². The van der Waals surface area contributed by atoms with Crippen LogP contribution in [-0.2, 0) is 9.53 Å². The van der Waals surface area contributed by atoms with E-state index in [-0.39, 0.29) is 18.3 Å². The van der Waals surface area contributed by atoms with Crippen LogP contribution in [0.2, 0.25) is 0 Å². The van der Waals surface area contributed by atoms with Crippen LogP contribution in [0, 0.1) is 6.92 Å². The first-order valence-electron chi connectivity index (χ1n) is 8.14. The molecule has 0 fully saturated rings. The van der Waals surface area contributed by atoms with Crippen molar-refractivity contribution in [2.75, 3.05) is 20.7 Å². The molecule has 3 aromatic heterocycles. The molecular weight excluding hydrogens is 354 g/mol. The van der Waals surface area contributed by atoms with Gasteiger partial charge in [-0.25, -0.2) is 4.98 Å². The Morgan fingerprint density at radius 3 is 2.88 bits per heavy atom. The molecule has 0 bridgehead atoms. The van der Waals surface area contributed by atoms with E-state index in [1.54, 1.807) is 24.9 Å². The number of aryl methyl sites for hydroxylation is 1. The van der Waals surface area contributed by atoms with Crippen LogP contribution >= 0.6 is 11.3 Å². The first-order chi connectivity index (χ1) is 12.5. The lowest BCUT2D eigenvalue weighted by atomic mass is 10.1. The highest BCUT2D eigenvalue weighted by molar-refractivity contribution is 7.13. The zero-order valence-corrected chi connectivity index (χ0v) is 15.6. The van der Waals surface area contributed by atoms with Crippen LogP contribution in [0.5, 0.6) is 0 Å². The molecule has 0 saturated heterocycles. The first-order valence-corrected chi connectivity index (χ1v) is 9.02. The Kier molecular flexibility index (Phi) is 5.32. The molecule has 3 heterocycles. The summed E-state index contributed by atoms with van der Waals surface area (Å²) in [5.74, 6) is -0.446. The van der Waals surface area contributed by atoms with Crippen LogP contribution in [-0.4, -0.2) is 47.6 Å². The van der Waals surface area contributed by atoms with Crippen molar-refractivity contribution in [1.29, 1.82) is 0 Å². The van der Waals surface area contributed by atoms with Crippen molar-refractivity contribution in [3.8, 4) is 10.6 Å². The van der Waals surface area contributed by atoms with E-state index in [4.69, 9.17) is 4.52 Å². The van der Waals surface area contributed by atoms with Crippen molar-refractivity contribution in [3.63, 3.8) is 0 Å². The molecule has 7 nitrogen and oxygen atoms in total. The van der Waals surface area contributed by atoms with Crippen LogP contribution in [0.1, 0.15) is 28.9 Å². The molecule has 0 aromatic carbocycles. The number of amides is 1. The fourth-order valence-corrected chi connectivity index (χ4v) is 3.37. The lowest BCUT2D eigenvalue weighted by Crippen LogP contribution is -2.28. The largest absolute Gasteiger partial charge is 0.469 e. The van der Waals surface area contributed by atoms with Gasteiger partial charge in [0.1, 0.15) is 0 Å². The summed E-state index contributed by atoms with van der Waals surface area (Å²) in [6.45, 7) is 2.22. The third-order valence-electron chi connectivity index (χ3n) is 4.07. The maximum Gasteiger partial charge on any atom is 0.305 e. The standard InChI is InChI=1S/C18H19N3O4S/c1-11-16-12(18(23)21(2)8-4-7-15(22)24-3)10-13(14-6-5-9-26-14)19-17(16)25-20-11/h5-6,9-10H,4,7-8H2,1-3H3. The summed E-state index contributed by atoms with van der Waals surface area (Å²) < 4.78 is 9.92. The van der Waals surface area contributed by atoms with Crippen LogP contribution in [0.3, 0.4) is 0 Å². The third kappa shape index (κ3) is 3.60. The summed E-state index contributed by atoms with van der Waals surface area (Å²) in [7, 11) is 3.06. The number of thiophene rings is 1. The summed E-state index contributed by atoms with van der Waals surface area (Å²) in [4.78, 5) is 31.3. The Hall–Kier alpha value is -2.74. The van der Waals surface area contributed by atoms with E-state index in [1.807, 2.05) is 17.5 Å². The smallest absolute Gasteiger partial charge is 0.305 e. The van der Waals surface area contributed by atoms with Crippen molar-refractivity contribution in [2.45, 2.75) is 19.8 Å².